The van der Waals surface area contributed by atoms with Crippen molar-refractivity contribution in [2.75, 3.05) is 33.4 Å². The number of aryl methyl sites for hydroxylation is 2. The zero-order valence-corrected chi connectivity index (χ0v) is 17.7. The van der Waals surface area contributed by atoms with Gasteiger partial charge in [0, 0.05) is 37.0 Å². The highest BCUT2D eigenvalue weighted by molar-refractivity contribution is 5.70. The number of aromatic nitrogens is 2. The van der Waals surface area contributed by atoms with Crippen molar-refractivity contribution in [3.8, 4) is 22.8 Å². The predicted octanol–water partition coefficient (Wildman–Crippen LogP) is 3.77. The minimum atomic E-state index is 0.423. The Bertz CT molecular complexity index is 976. The van der Waals surface area contributed by atoms with Crippen LogP contribution in [0.1, 0.15) is 22.6 Å². The molecule has 158 valence electrons. The molecule has 7 heteroatoms. The van der Waals surface area contributed by atoms with Crippen LogP contribution in [0.25, 0.3) is 11.1 Å². The summed E-state index contributed by atoms with van der Waals surface area (Å²) >= 11 is 0. The molecule has 1 saturated heterocycles. The number of rotatable bonds is 7. The minimum absolute atomic E-state index is 0.423. The van der Waals surface area contributed by atoms with E-state index in [9.17, 15) is 0 Å². The molecule has 0 radical (unpaired) electrons. The van der Waals surface area contributed by atoms with E-state index in [1.54, 1.807) is 13.3 Å². The summed E-state index contributed by atoms with van der Waals surface area (Å²) in [4.78, 5) is 6.71. The Hall–Kier alpha value is -2.90. The first-order valence-electron chi connectivity index (χ1n) is 10.1. The van der Waals surface area contributed by atoms with Crippen molar-refractivity contribution in [3.63, 3.8) is 0 Å². The molecule has 30 heavy (non-hydrogen) atoms. The van der Waals surface area contributed by atoms with E-state index >= 15 is 0 Å². The van der Waals surface area contributed by atoms with Crippen LogP contribution >= 0.6 is 0 Å². The van der Waals surface area contributed by atoms with Gasteiger partial charge >= 0.3 is 0 Å². The first-order valence-corrected chi connectivity index (χ1v) is 10.1. The molecule has 7 nitrogen and oxygen atoms in total. The van der Waals surface area contributed by atoms with E-state index in [2.05, 4.69) is 21.1 Å². The molecule has 2 aromatic heterocycles. The molecule has 0 bridgehead atoms. The molecule has 1 aliphatic heterocycles. The molecule has 1 aliphatic rings. The van der Waals surface area contributed by atoms with Crippen molar-refractivity contribution in [2.45, 2.75) is 27.0 Å². The van der Waals surface area contributed by atoms with Crippen molar-refractivity contribution >= 4 is 0 Å². The fraction of sp³-hybridized carbons (Fsp3) is 0.391. The molecule has 0 N–H and O–H groups in total. The Labute approximate surface area is 176 Å². The van der Waals surface area contributed by atoms with Gasteiger partial charge in [-0.3, -0.25) is 4.90 Å². The SMILES string of the molecule is COc1ncccc1-c1ccc(OCc2c(C)noc2C)c(CN2CCOCC2)c1. The molecular formula is C23H27N3O4. The first-order chi connectivity index (χ1) is 14.7. The molecule has 0 saturated carbocycles. The van der Waals surface area contributed by atoms with Gasteiger partial charge in [-0.1, -0.05) is 11.2 Å². The lowest BCUT2D eigenvalue weighted by Gasteiger charge is -2.27. The van der Waals surface area contributed by atoms with Crippen molar-refractivity contribution in [1.29, 1.82) is 0 Å². The maximum Gasteiger partial charge on any atom is 0.221 e. The monoisotopic (exact) mass is 409 g/mol. The standard InChI is InChI=1S/C23H27N3O4/c1-16-21(17(2)30-25-16)15-29-22-7-6-18(20-5-4-8-24-23(20)27-3)13-19(22)14-26-9-11-28-12-10-26/h4-8,13H,9-12,14-15H2,1-3H3. The van der Waals surface area contributed by atoms with Gasteiger partial charge in [0.2, 0.25) is 5.88 Å². The second-order valence-corrected chi connectivity index (χ2v) is 7.36. The maximum atomic E-state index is 6.23. The number of benzene rings is 1. The van der Waals surface area contributed by atoms with Crippen molar-refractivity contribution in [3.05, 3.63) is 59.1 Å². The number of ether oxygens (including phenoxy) is 3. The summed E-state index contributed by atoms with van der Waals surface area (Å²) in [6.07, 6.45) is 1.73. The summed E-state index contributed by atoms with van der Waals surface area (Å²) in [5.74, 6) is 2.26. The van der Waals surface area contributed by atoms with Gasteiger partial charge in [0.15, 0.2) is 0 Å². The van der Waals surface area contributed by atoms with Gasteiger partial charge in [-0.05, 0) is 43.7 Å². The number of hydrogen-bond acceptors (Lipinski definition) is 7. The summed E-state index contributed by atoms with van der Waals surface area (Å²) in [7, 11) is 1.64. The molecule has 0 unspecified atom stereocenters. The molecule has 0 atom stereocenters. The van der Waals surface area contributed by atoms with Crippen LogP contribution < -0.4 is 9.47 Å². The van der Waals surface area contributed by atoms with E-state index in [1.807, 2.05) is 38.1 Å². The van der Waals surface area contributed by atoms with Gasteiger partial charge in [-0.15, -0.1) is 0 Å². The average Bonchev–Trinajstić information content (AvgIpc) is 3.11. The van der Waals surface area contributed by atoms with Crippen LogP contribution in [0, 0.1) is 13.8 Å². The van der Waals surface area contributed by atoms with E-state index < -0.39 is 0 Å². The molecule has 0 aliphatic carbocycles. The fourth-order valence-corrected chi connectivity index (χ4v) is 3.64. The topological polar surface area (TPSA) is 69.9 Å². The second-order valence-electron chi connectivity index (χ2n) is 7.36. The van der Waals surface area contributed by atoms with Crippen molar-refractivity contribution < 1.29 is 18.7 Å². The zero-order valence-electron chi connectivity index (χ0n) is 17.7. The van der Waals surface area contributed by atoms with Crippen molar-refractivity contribution in [1.82, 2.24) is 15.0 Å². The first kappa shape index (κ1) is 20.4. The number of pyridine rings is 1. The lowest BCUT2D eigenvalue weighted by Crippen LogP contribution is -2.35. The van der Waals surface area contributed by atoms with Crippen LogP contribution in [0.2, 0.25) is 0 Å². The van der Waals surface area contributed by atoms with Gasteiger partial charge in [0.05, 0.1) is 31.6 Å². The zero-order chi connectivity index (χ0) is 20.9. The summed E-state index contributed by atoms with van der Waals surface area (Å²) < 4.78 is 22.4. The van der Waals surface area contributed by atoms with E-state index in [4.69, 9.17) is 18.7 Å². The third-order valence-corrected chi connectivity index (χ3v) is 5.39. The van der Waals surface area contributed by atoms with Crippen LogP contribution in [0.15, 0.2) is 41.1 Å². The molecule has 1 fully saturated rings. The van der Waals surface area contributed by atoms with Crippen LogP contribution in [-0.4, -0.2) is 48.5 Å². The lowest BCUT2D eigenvalue weighted by atomic mass is 10.0. The Morgan fingerprint density at radius 2 is 1.97 bits per heavy atom. The summed E-state index contributed by atoms with van der Waals surface area (Å²) in [6, 6.07) is 10.2. The minimum Gasteiger partial charge on any atom is -0.488 e. The molecule has 1 aromatic carbocycles. The van der Waals surface area contributed by atoms with Crippen LogP contribution in [0.4, 0.5) is 0 Å². The Morgan fingerprint density at radius 1 is 1.13 bits per heavy atom. The number of nitrogens with zero attached hydrogens (tertiary/aromatic N) is 3. The van der Waals surface area contributed by atoms with Gasteiger partial charge in [0.25, 0.3) is 0 Å². The van der Waals surface area contributed by atoms with Gasteiger partial charge < -0.3 is 18.7 Å². The maximum absolute atomic E-state index is 6.23. The second kappa shape index (κ2) is 9.28. The lowest BCUT2D eigenvalue weighted by molar-refractivity contribution is 0.0338. The predicted molar refractivity (Wildman–Crippen MR) is 113 cm³/mol. The molecule has 4 rings (SSSR count). The third-order valence-electron chi connectivity index (χ3n) is 5.39. The average molecular weight is 409 g/mol. The van der Waals surface area contributed by atoms with Crippen LogP contribution in [0.5, 0.6) is 11.6 Å². The third kappa shape index (κ3) is 4.47. The quantitative estimate of drug-likeness (QED) is 0.588. The van der Waals surface area contributed by atoms with Gasteiger partial charge in [0.1, 0.15) is 18.1 Å². The molecule has 3 heterocycles. The number of hydrogen-bond donors (Lipinski definition) is 0. The number of methoxy groups -OCH3 is 1. The summed E-state index contributed by atoms with van der Waals surface area (Å²) in [6.45, 7) is 8.38. The molecular weight excluding hydrogens is 382 g/mol. The Balaban J connectivity index is 1.64. The Morgan fingerprint density at radius 3 is 2.70 bits per heavy atom. The Kier molecular flexibility index (Phi) is 6.30. The van der Waals surface area contributed by atoms with Crippen molar-refractivity contribution in [2.24, 2.45) is 0 Å². The van der Waals surface area contributed by atoms with Gasteiger partial charge in [-0.2, -0.15) is 0 Å². The van der Waals surface area contributed by atoms with E-state index in [-0.39, 0.29) is 0 Å². The fourth-order valence-electron chi connectivity index (χ4n) is 3.64. The highest BCUT2D eigenvalue weighted by Gasteiger charge is 2.17. The highest BCUT2D eigenvalue weighted by atomic mass is 16.5. The molecule has 0 spiro atoms. The van der Waals surface area contributed by atoms with E-state index in [0.717, 1.165) is 72.3 Å². The van der Waals surface area contributed by atoms with E-state index in [0.29, 0.717) is 12.5 Å². The smallest absolute Gasteiger partial charge is 0.221 e. The number of morpholine rings is 1. The molecule has 0 amide bonds. The van der Waals surface area contributed by atoms with Gasteiger partial charge in [-0.25, -0.2) is 4.98 Å². The highest BCUT2D eigenvalue weighted by Crippen LogP contribution is 2.33. The summed E-state index contributed by atoms with van der Waals surface area (Å²) in [5.41, 5.74) is 4.98. The normalized spacial score (nSPS) is 14.6. The van der Waals surface area contributed by atoms with E-state index in [1.165, 1.54) is 0 Å². The summed E-state index contributed by atoms with van der Waals surface area (Å²) in [5, 5.41) is 4.02. The van der Waals surface area contributed by atoms with Crippen LogP contribution in [-0.2, 0) is 17.9 Å². The van der Waals surface area contributed by atoms with Crippen LogP contribution in [0.3, 0.4) is 0 Å². The largest absolute Gasteiger partial charge is 0.488 e. The molecule has 3 aromatic rings.